The van der Waals surface area contributed by atoms with Crippen LogP contribution >= 0.6 is 0 Å². The maximum Gasteiger partial charge on any atom is 0.325 e. The van der Waals surface area contributed by atoms with Gasteiger partial charge >= 0.3 is 5.97 Å². The van der Waals surface area contributed by atoms with Crippen LogP contribution in [0.5, 0.6) is 0 Å². The zero-order valence-corrected chi connectivity index (χ0v) is 16.3. The van der Waals surface area contributed by atoms with Crippen molar-refractivity contribution in [2.24, 2.45) is 17.4 Å². The highest BCUT2D eigenvalue weighted by Gasteiger charge is 2.38. The minimum absolute atomic E-state index is 0.304. The van der Waals surface area contributed by atoms with Crippen molar-refractivity contribution in [2.75, 3.05) is 6.54 Å². The highest BCUT2D eigenvalue weighted by Crippen LogP contribution is 2.19. The Morgan fingerprint density at radius 3 is 2.25 bits per heavy atom. The molecule has 4 atom stereocenters. The van der Waals surface area contributed by atoms with Gasteiger partial charge in [-0.3, -0.25) is 24.0 Å². The number of primary amides is 1. The number of likely N-dealkylation sites (tertiary alicyclic amines) is 1. The topological polar surface area (TPSA) is 185 Å². The second-order valence-electron chi connectivity index (χ2n) is 7.27. The van der Waals surface area contributed by atoms with Crippen LogP contribution in [0.15, 0.2) is 0 Å². The lowest BCUT2D eigenvalue weighted by Crippen LogP contribution is -2.57. The van der Waals surface area contributed by atoms with Crippen LogP contribution in [-0.2, 0) is 24.0 Å². The Labute approximate surface area is 163 Å². The van der Waals surface area contributed by atoms with Crippen LogP contribution in [0.2, 0.25) is 0 Å². The molecule has 0 bridgehead atoms. The molecular weight excluding hydrogens is 370 g/mol. The summed E-state index contributed by atoms with van der Waals surface area (Å²) < 4.78 is 0. The number of carbonyl (C=O) groups excluding carboxylic acids is 4. The lowest BCUT2D eigenvalue weighted by Gasteiger charge is -2.29. The molecule has 0 aliphatic carbocycles. The summed E-state index contributed by atoms with van der Waals surface area (Å²) in [5, 5.41) is 13.8. The summed E-state index contributed by atoms with van der Waals surface area (Å²) in [5.41, 5.74) is 10.8. The fourth-order valence-electron chi connectivity index (χ4n) is 2.97. The van der Waals surface area contributed by atoms with E-state index in [0.29, 0.717) is 19.4 Å². The molecule has 28 heavy (non-hydrogen) atoms. The predicted molar refractivity (Wildman–Crippen MR) is 98.5 cm³/mol. The van der Waals surface area contributed by atoms with Gasteiger partial charge in [0.1, 0.15) is 18.1 Å². The van der Waals surface area contributed by atoms with Crippen molar-refractivity contribution in [3.63, 3.8) is 0 Å². The molecule has 11 heteroatoms. The first kappa shape index (κ1) is 23.3. The van der Waals surface area contributed by atoms with Gasteiger partial charge in [-0.1, -0.05) is 13.8 Å². The first-order valence-electron chi connectivity index (χ1n) is 9.13. The molecule has 0 saturated carbocycles. The fourth-order valence-corrected chi connectivity index (χ4v) is 2.97. The van der Waals surface area contributed by atoms with Gasteiger partial charge in [-0.2, -0.15) is 0 Å². The molecule has 1 aliphatic heterocycles. The summed E-state index contributed by atoms with van der Waals surface area (Å²) in [6.45, 7) is 5.03. The van der Waals surface area contributed by atoms with Crippen LogP contribution in [0.25, 0.3) is 0 Å². The Morgan fingerprint density at radius 2 is 1.75 bits per heavy atom. The lowest BCUT2D eigenvalue weighted by molar-refractivity contribution is -0.143. The number of hydrogen-bond acceptors (Lipinski definition) is 6. The molecule has 0 aromatic heterocycles. The van der Waals surface area contributed by atoms with Crippen LogP contribution in [0.1, 0.15) is 40.0 Å². The molecule has 0 spiro atoms. The van der Waals surface area contributed by atoms with E-state index in [1.165, 1.54) is 11.8 Å². The van der Waals surface area contributed by atoms with Gasteiger partial charge in [0, 0.05) is 6.54 Å². The molecule has 7 N–H and O–H groups in total. The molecule has 4 amide bonds. The van der Waals surface area contributed by atoms with Crippen molar-refractivity contribution in [1.82, 2.24) is 15.5 Å². The number of amides is 4. The molecule has 0 aromatic carbocycles. The highest BCUT2D eigenvalue weighted by molar-refractivity contribution is 5.95. The fraction of sp³-hybridized carbons (Fsp3) is 0.706. The van der Waals surface area contributed by atoms with Gasteiger partial charge < -0.3 is 32.1 Å². The van der Waals surface area contributed by atoms with Crippen LogP contribution in [-0.4, -0.2) is 70.3 Å². The standard InChI is InChI=1S/C17H29N5O6/c1-8(2)13(15(25)20-9(3)17(27)28)21-14(24)11-5-4-6-22(11)16(26)10(18)7-12(19)23/h8-11,13H,4-7,18H2,1-3H3,(H2,19,23)(H,20,25)(H,21,24)(H,27,28). The van der Waals surface area contributed by atoms with E-state index in [2.05, 4.69) is 10.6 Å². The first-order valence-corrected chi connectivity index (χ1v) is 9.13. The zero-order valence-electron chi connectivity index (χ0n) is 16.3. The van der Waals surface area contributed by atoms with E-state index >= 15 is 0 Å². The van der Waals surface area contributed by atoms with E-state index in [1.54, 1.807) is 13.8 Å². The monoisotopic (exact) mass is 399 g/mol. The predicted octanol–water partition coefficient (Wildman–Crippen LogP) is -2.09. The molecule has 0 aromatic rings. The Kier molecular flexibility index (Phi) is 8.35. The zero-order chi connectivity index (χ0) is 21.6. The normalized spacial score (nSPS) is 19.6. The van der Waals surface area contributed by atoms with Crippen molar-refractivity contribution in [1.29, 1.82) is 0 Å². The molecule has 11 nitrogen and oxygen atoms in total. The molecule has 1 aliphatic rings. The average molecular weight is 399 g/mol. The number of nitrogens with one attached hydrogen (secondary N) is 2. The Morgan fingerprint density at radius 1 is 1.14 bits per heavy atom. The molecule has 158 valence electrons. The van der Waals surface area contributed by atoms with Gasteiger partial charge in [0.25, 0.3) is 0 Å². The smallest absolute Gasteiger partial charge is 0.325 e. The number of rotatable bonds is 9. The van der Waals surface area contributed by atoms with Gasteiger partial charge in [0.05, 0.1) is 12.5 Å². The minimum Gasteiger partial charge on any atom is -0.480 e. The largest absolute Gasteiger partial charge is 0.480 e. The Hall–Kier alpha value is -2.69. The number of carbonyl (C=O) groups is 5. The highest BCUT2D eigenvalue weighted by atomic mass is 16.4. The second kappa shape index (κ2) is 10.0. The molecular formula is C17H29N5O6. The molecule has 1 saturated heterocycles. The number of nitrogens with two attached hydrogens (primary N) is 2. The minimum atomic E-state index is -1.20. The van der Waals surface area contributed by atoms with Crippen LogP contribution in [0.3, 0.4) is 0 Å². The molecule has 0 radical (unpaired) electrons. The molecule has 1 rings (SSSR count). The van der Waals surface area contributed by atoms with Gasteiger partial charge in [0.15, 0.2) is 0 Å². The maximum absolute atomic E-state index is 12.7. The SMILES string of the molecule is CC(NC(=O)C(NC(=O)C1CCCN1C(=O)C(N)CC(N)=O)C(C)C)C(=O)O. The van der Waals surface area contributed by atoms with Gasteiger partial charge in [-0.05, 0) is 25.7 Å². The summed E-state index contributed by atoms with van der Waals surface area (Å²) in [4.78, 5) is 60.7. The summed E-state index contributed by atoms with van der Waals surface area (Å²) in [7, 11) is 0. The summed E-state index contributed by atoms with van der Waals surface area (Å²) in [5.74, 6) is -3.94. The third-order valence-corrected chi connectivity index (χ3v) is 4.55. The summed E-state index contributed by atoms with van der Waals surface area (Å²) in [6, 6.07) is -4.03. The first-order chi connectivity index (χ1) is 13.0. The van der Waals surface area contributed by atoms with Crippen molar-refractivity contribution < 1.29 is 29.1 Å². The number of nitrogens with zero attached hydrogens (tertiary/aromatic N) is 1. The number of hydrogen-bond donors (Lipinski definition) is 5. The van der Waals surface area contributed by atoms with Gasteiger partial charge in [0.2, 0.25) is 23.6 Å². The maximum atomic E-state index is 12.7. The number of carboxylic acids is 1. The average Bonchev–Trinajstić information content (AvgIpc) is 3.07. The third-order valence-electron chi connectivity index (χ3n) is 4.55. The van der Waals surface area contributed by atoms with E-state index in [9.17, 15) is 24.0 Å². The Balaban J connectivity index is 2.83. The van der Waals surface area contributed by atoms with E-state index in [4.69, 9.17) is 16.6 Å². The Bertz CT molecular complexity index is 638. The van der Waals surface area contributed by atoms with Crippen molar-refractivity contribution in [2.45, 2.75) is 64.2 Å². The van der Waals surface area contributed by atoms with E-state index in [1.807, 2.05) is 0 Å². The van der Waals surface area contributed by atoms with Crippen LogP contribution < -0.4 is 22.1 Å². The van der Waals surface area contributed by atoms with E-state index in [-0.39, 0.29) is 12.3 Å². The summed E-state index contributed by atoms with van der Waals surface area (Å²) in [6.07, 6.45) is 0.633. The third kappa shape index (κ3) is 6.19. The molecule has 4 unspecified atom stereocenters. The lowest BCUT2D eigenvalue weighted by atomic mass is 10.0. The van der Waals surface area contributed by atoms with Crippen molar-refractivity contribution in [3.05, 3.63) is 0 Å². The van der Waals surface area contributed by atoms with E-state index in [0.717, 1.165) is 0 Å². The van der Waals surface area contributed by atoms with Crippen molar-refractivity contribution >= 4 is 29.6 Å². The molecule has 1 heterocycles. The van der Waals surface area contributed by atoms with Gasteiger partial charge in [-0.15, -0.1) is 0 Å². The number of carboxylic acid groups (broad SMARTS) is 1. The second-order valence-corrected chi connectivity index (χ2v) is 7.27. The quantitative estimate of drug-likeness (QED) is 0.294. The van der Waals surface area contributed by atoms with Crippen LogP contribution in [0, 0.1) is 5.92 Å². The van der Waals surface area contributed by atoms with Crippen LogP contribution in [0.4, 0.5) is 0 Å². The van der Waals surface area contributed by atoms with Crippen molar-refractivity contribution in [3.8, 4) is 0 Å². The number of aliphatic carboxylic acids is 1. The molecule has 1 fully saturated rings. The van der Waals surface area contributed by atoms with E-state index < -0.39 is 53.8 Å². The summed E-state index contributed by atoms with van der Waals surface area (Å²) >= 11 is 0. The van der Waals surface area contributed by atoms with Gasteiger partial charge in [-0.25, -0.2) is 0 Å².